The molecule has 0 aromatic rings. The minimum Gasteiger partial charge on any atom is -0.190 e. The summed E-state index contributed by atoms with van der Waals surface area (Å²) in [6.45, 7) is 0. The molecule has 3 nitrogen and oxygen atoms in total. The van der Waals surface area contributed by atoms with Crippen molar-refractivity contribution in [1.29, 1.82) is 0 Å². The molecule has 0 radical (unpaired) electrons. The Morgan fingerprint density at radius 1 is 1.38 bits per heavy atom. The van der Waals surface area contributed by atoms with Gasteiger partial charge in [-0.25, -0.2) is 0 Å². The standard InChI is InChI=1S/C2H6O3S3/c1-6-5-8(3,4)7-2/h1-2H3. The lowest BCUT2D eigenvalue weighted by Crippen LogP contribution is -1.90. The van der Waals surface area contributed by atoms with E-state index in [1.165, 1.54) is 6.26 Å². The molecule has 0 bridgehead atoms. The number of hydrogen-bond donors (Lipinski definition) is 0. The molecule has 0 aliphatic carbocycles. The Kier molecular flexibility index (Phi) is 3.87. The molecule has 0 amide bonds. The van der Waals surface area contributed by atoms with Crippen LogP contribution >= 0.6 is 22.8 Å². The van der Waals surface area contributed by atoms with Crippen molar-refractivity contribution < 1.29 is 12.0 Å². The Morgan fingerprint density at radius 2 is 1.88 bits per heavy atom. The predicted octanol–water partition coefficient (Wildman–Crippen LogP) is 0.889. The first kappa shape index (κ1) is 8.61. The monoisotopic (exact) mass is 174 g/mol. The van der Waals surface area contributed by atoms with Crippen LogP contribution in [0.15, 0.2) is 0 Å². The van der Waals surface area contributed by atoms with Crippen molar-refractivity contribution in [2.45, 2.75) is 0 Å². The average molecular weight is 174 g/mol. The zero-order valence-corrected chi connectivity index (χ0v) is 6.90. The van der Waals surface area contributed by atoms with Crippen molar-refractivity contribution in [2.24, 2.45) is 0 Å². The van der Waals surface area contributed by atoms with Gasteiger partial charge in [-0.2, -0.15) is 12.0 Å². The molecule has 0 atom stereocenters. The van der Waals surface area contributed by atoms with Gasteiger partial charge >= 0.3 is 9.15 Å². The largest absolute Gasteiger partial charge is 0.332 e. The molecule has 0 heterocycles. The fourth-order valence-electron chi connectivity index (χ4n) is 0.111. The Morgan fingerprint density at radius 3 is 2.00 bits per heavy atom. The van der Waals surface area contributed by atoms with Crippen LogP contribution in [0.5, 0.6) is 0 Å². The lowest BCUT2D eigenvalue weighted by Gasteiger charge is -1.92. The Labute approximate surface area is 56.9 Å². The van der Waals surface area contributed by atoms with Crippen LogP contribution in [0.25, 0.3) is 0 Å². The topological polar surface area (TPSA) is 43.4 Å². The summed E-state index contributed by atoms with van der Waals surface area (Å²) in [6, 6.07) is 0. The van der Waals surface area contributed by atoms with E-state index < -0.39 is 9.15 Å². The summed E-state index contributed by atoms with van der Waals surface area (Å²) in [5, 5.41) is 0. The maximum absolute atomic E-state index is 10.3. The van der Waals surface area contributed by atoms with Crippen molar-refractivity contribution in [3.63, 3.8) is 0 Å². The van der Waals surface area contributed by atoms with Crippen LogP contribution in [0.1, 0.15) is 0 Å². The molecule has 0 spiro atoms. The van der Waals surface area contributed by atoms with Crippen LogP contribution < -0.4 is 0 Å². The Hall–Kier alpha value is 0.610. The van der Waals surface area contributed by atoms with Gasteiger partial charge in [-0.3, -0.25) is 0 Å². The zero-order chi connectivity index (χ0) is 6.62. The van der Waals surface area contributed by atoms with Gasteiger partial charge in [0.05, 0.1) is 0 Å². The molecule has 0 unspecified atom stereocenters. The molecule has 0 rings (SSSR count). The fourth-order valence-corrected chi connectivity index (χ4v) is 2.00. The molecule has 0 saturated heterocycles. The Balaban J connectivity index is 3.76. The van der Waals surface area contributed by atoms with E-state index in [0.29, 0.717) is 10.8 Å². The smallest absolute Gasteiger partial charge is 0.190 e. The predicted molar refractivity (Wildman–Crippen MR) is 37.0 cm³/mol. The highest BCUT2D eigenvalue weighted by atomic mass is 33.2. The van der Waals surface area contributed by atoms with Crippen LogP contribution in [-0.2, 0) is 12.8 Å². The Bertz CT molecular complexity index is 137. The molecule has 0 aliphatic heterocycles. The first-order chi connectivity index (χ1) is 3.62. The summed E-state index contributed by atoms with van der Waals surface area (Å²) in [5.74, 6) is 0. The first-order valence-corrected chi connectivity index (χ1v) is 5.95. The molecule has 0 aliphatic rings. The van der Waals surface area contributed by atoms with Gasteiger partial charge in [0.15, 0.2) is 0 Å². The summed E-state index contributed by atoms with van der Waals surface area (Å²) < 4.78 is 24.9. The van der Waals surface area contributed by atoms with E-state index >= 15 is 0 Å². The molecule has 0 fully saturated rings. The third-order valence-electron chi connectivity index (χ3n) is 0.355. The summed E-state index contributed by atoms with van der Waals surface area (Å²) >= 11 is 0.824. The van der Waals surface area contributed by atoms with E-state index in [2.05, 4.69) is 3.63 Å². The van der Waals surface area contributed by atoms with Gasteiger partial charge in [-0.05, 0) is 17.0 Å². The molecule has 8 heavy (non-hydrogen) atoms. The van der Waals surface area contributed by atoms with Crippen molar-refractivity contribution >= 4 is 32.0 Å². The van der Waals surface area contributed by atoms with E-state index in [-0.39, 0.29) is 0 Å². The van der Waals surface area contributed by atoms with Gasteiger partial charge in [0.2, 0.25) is 0 Å². The van der Waals surface area contributed by atoms with Crippen molar-refractivity contribution in [2.75, 3.05) is 12.5 Å². The third-order valence-corrected chi connectivity index (χ3v) is 3.70. The van der Waals surface area contributed by atoms with E-state index in [0.717, 1.165) is 12.0 Å². The summed E-state index contributed by atoms with van der Waals surface area (Å²) in [4.78, 5) is 0. The van der Waals surface area contributed by atoms with Crippen molar-refractivity contribution in [3.8, 4) is 0 Å². The highest BCUT2D eigenvalue weighted by Crippen LogP contribution is 2.14. The molecule has 0 aromatic carbocycles. The molecule has 6 heteroatoms. The summed E-state index contributed by atoms with van der Waals surface area (Å²) in [6.07, 6.45) is 3.00. The second-order valence-electron chi connectivity index (χ2n) is 0.810. The van der Waals surface area contributed by atoms with Crippen LogP contribution in [0.4, 0.5) is 0 Å². The zero-order valence-electron chi connectivity index (χ0n) is 4.45. The molecule has 0 aromatic heterocycles. The highest BCUT2D eigenvalue weighted by Gasteiger charge is 2.05. The van der Waals surface area contributed by atoms with Gasteiger partial charge in [0.25, 0.3) is 0 Å². The van der Waals surface area contributed by atoms with Gasteiger partial charge < -0.3 is 0 Å². The van der Waals surface area contributed by atoms with E-state index in [4.69, 9.17) is 0 Å². The van der Waals surface area contributed by atoms with E-state index in [9.17, 15) is 8.42 Å². The third kappa shape index (κ3) is 3.59. The van der Waals surface area contributed by atoms with Crippen LogP contribution in [0.3, 0.4) is 0 Å². The van der Waals surface area contributed by atoms with E-state index in [1.807, 2.05) is 0 Å². The molecule has 0 saturated carbocycles. The number of rotatable bonds is 3. The van der Waals surface area contributed by atoms with Crippen LogP contribution in [0, 0.1) is 0 Å². The molecule has 0 N–H and O–H groups in total. The normalized spacial score (nSPS) is 11.8. The highest BCUT2D eigenvalue weighted by molar-refractivity contribution is 8.70. The second-order valence-corrected chi connectivity index (χ2v) is 5.06. The van der Waals surface area contributed by atoms with E-state index in [1.54, 1.807) is 6.26 Å². The molecule has 50 valence electrons. The fraction of sp³-hybridized carbons (Fsp3) is 1.00. The maximum atomic E-state index is 10.3. The van der Waals surface area contributed by atoms with Crippen molar-refractivity contribution in [1.82, 2.24) is 0 Å². The maximum Gasteiger partial charge on any atom is 0.332 e. The molecular formula is C2H6O3S3. The average Bonchev–Trinajstić information content (AvgIpc) is 1.67. The van der Waals surface area contributed by atoms with Crippen molar-refractivity contribution in [3.05, 3.63) is 0 Å². The quantitative estimate of drug-likeness (QED) is 0.469. The molecular weight excluding hydrogens is 168 g/mol. The summed E-state index contributed by atoms with van der Waals surface area (Å²) in [5.41, 5.74) is 0. The van der Waals surface area contributed by atoms with Gasteiger partial charge in [0, 0.05) is 18.3 Å². The van der Waals surface area contributed by atoms with Crippen LogP contribution in [-0.4, -0.2) is 20.9 Å². The lowest BCUT2D eigenvalue weighted by atomic mass is 12.0. The second kappa shape index (κ2) is 3.60. The summed E-state index contributed by atoms with van der Waals surface area (Å²) in [7, 11) is -2.61. The van der Waals surface area contributed by atoms with Gasteiger partial charge in [-0.1, -0.05) is 0 Å². The van der Waals surface area contributed by atoms with Crippen LogP contribution in [0.2, 0.25) is 0 Å². The van der Waals surface area contributed by atoms with Gasteiger partial charge in [-0.15, -0.1) is 0 Å². The number of hydrogen-bond acceptors (Lipinski definition) is 5. The lowest BCUT2D eigenvalue weighted by molar-refractivity contribution is 0.539. The minimum atomic E-state index is -3.29. The SMILES string of the molecule is CSOS(=O)(=O)SC. The van der Waals surface area contributed by atoms with Gasteiger partial charge in [0.1, 0.15) is 0 Å². The minimum absolute atomic E-state index is 0.681. The first-order valence-electron chi connectivity index (χ1n) is 1.65.